The normalized spacial score (nSPS) is 10.2. The molecule has 4 nitrogen and oxygen atoms in total. The van der Waals surface area contributed by atoms with Crippen molar-refractivity contribution >= 4 is 22.4 Å². The van der Waals surface area contributed by atoms with Gasteiger partial charge in [-0.2, -0.15) is 0 Å². The fourth-order valence-corrected chi connectivity index (χ4v) is 1.93. The van der Waals surface area contributed by atoms with E-state index in [1.807, 2.05) is 25.1 Å². The Balaban J connectivity index is 2.73. The van der Waals surface area contributed by atoms with E-state index < -0.39 is 5.97 Å². The molecular weight excluding hydrogens is 242 g/mol. The molecule has 0 amide bonds. The lowest BCUT2D eigenvalue weighted by Crippen LogP contribution is -2.06. The summed E-state index contributed by atoms with van der Waals surface area (Å²) in [6.45, 7) is 5.35. The van der Waals surface area contributed by atoms with Gasteiger partial charge in [-0.3, -0.25) is 0 Å². The van der Waals surface area contributed by atoms with Gasteiger partial charge in [0.15, 0.2) is 5.75 Å². The number of hydrogen-bond donors (Lipinski definition) is 1. The monoisotopic (exact) mass is 257 g/mol. The van der Waals surface area contributed by atoms with Crippen molar-refractivity contribution in [1.29, 1.82) is 0 Å². The van der Waals surface area contributed by atoms with Gasteiger partial charge in [-0.15, -0.1) is 0 Å². The predicted octanol–water partition coefficient (Wildman–Crippen LogP) is 2.83. The molecule has 0 aliphatic rings. The largest absolute Gasteiger partial charge is 0.496 e. The van der Waals surface area contributed by atoms with Crippen LogP contribution in [0.5, 0.6) is 11.5 Å². The molecule has 0 aliphatic heterocycles. The Bertz CT molecular complexity index is 662. The molecule has 0 radical (unpaired) electrons. The molecule has 2 aromatic carbocycles. The first kappa shape index (κ1) is 13.0. The minimum atomic E-state index is -0.543. The minimum absolute atomic E-state index is 0.334. The Labute approximate surface area is 111 Å². The quantitative estimate of drug-likeness (QED) is 0.397. The van der Waals surface area contributed by atoms with Crippen LogP contribution in [0.2, 0.25) is 0 Å². The van der Waals surface area contributed by atoms with Crippen molar-refractivity contribution < 1.29 is 14.3 Å². The molecule has 0 saturated carbocycles. The summed E-state index contributed by atoms with van der Waals surface area (Å²) >= 11 is 0. The van der Waals surface area contributed by atoms with Crippen LogP contribution in [0.25, 0.3) is 10.8 Å². The predicted molar refractivity (Wildman–Crippen MR) is 75.5 cm³/mol. The number of hydrogen-bond acceptors (Lipinski definition) is 4. The average molecular weight is 257 g/mol. The number of nitrogens with two attached hydrogens (primary N) is 1. The number of esters is 1. The number of carbonyl (C=O) groups excluding carboxylic acids is 1. The number of methoxy groups -OCH3 is 1. The van der Waals surface area contributed by atoms with E-state index in [0.29, 0.717) is 17.2 Å². The number of ether oxygens (including phenoxy) is 2. The van der Waals surface area contributed by atoms with Crippen LogP contribution >= 0.6 is 0 Å². The van der Waals surface area contributed by atoms with Crippen LogP contribution in [0.1, 0.15) is 5.56 Å². The molecule has 0 heterocycles. The molecule has 0 atom stereocenters. The second-order valence-electron chi connectivity index (χ2n) is 4.17. The third-order valence-electron chi connectivity index (χ3n) is 2.82. The minimum Gasteiger partial charge on any atom is -0.496 e. The molecule has 0 spiro atoms. The van der Waals surface area contributed by atoms with E-state index in [1.165, 1.54) is 0 Å². The van der Waals surface area contributed by atoms with E-state index in [1.54, 1.807) is 13.2 Å². The number of anilines is 1. The van der Waals surface area contributed by atoms with Crippen LogP contribution in [0, 0.1) is 6.92 Å². The molecule has 0 bridgehead atoms. The van der Waals surface area contributed by atoms with Crippen LogP contribution < -0.4 is 15.2 Å². The number of fused-ring (bicyclic) bond motifs is 1. The van der Waals surface area contributed by atoms with Crippen molar-refractivity contribution in [3.63, 3.8) is 0 Å². The summed E-state index contributed by atoms with van der Waals surface area (Å²) in [7, 11) is 1.58. The standard InChI is InChI=1S/C15H15NO3/c1-4-14(17)19-15-10-6-5-9(2)7-11(10)13(18-3)8-12(15)16/h4-8H,1,16H2,2-3H3. The Kier molecular flexibility index (Phi) is 3.42. The zero-order chi connectivity index (χ0) is 14.0. The molecule has 2 N–H and O–H groups in total. The average Bonchev–Trinajstić information content (AvgIpc) is 2.41. The maximum absolute atomic E-state index is 11.4. The van der Waals surface area contributed by atoms with Gasteiger partial charge < -0.3 is 15.2 Å². The van der Waals surface area contributed by atoms with Gasteiger partial charge in [0.25, 0.3) is 0 Å². The lowest BCUT2D eigenvalue weighted by atomic mass is 10.0. The van der Waals surface area contributed by atoms with Gasteiger partial charge in [-0.05, 0) is 13.0 Å². The van der Waals surface area contributed by atoms with Gasteiger partial charge >= 0.3 is 5.97 Å². The number of aryl methyl sites for hydroxylation is 1. The van der Waals surface area contributed by atoms with Crippen molar-refractivity contribution in [1.82, 2.24) is 0 Å². The van der Waals surface area contributed by atoms with Crippen molar-refractivity contribution in [3.8, 4) is 11.5 Å². The highest BCUT2D eigenvalue weighted by molar-refractivity contribution is 6.00. The molecule has 0 aliphatic carbocycles. The molecular formula is C15H15NO3. The second kappa shape index (κ2) is 5.02. The maximum Gasteiger partial charge on any atom is 0.335 e. The highest BCUT2D eigenvalue weighted by Gasteiger charge is 2.14. The number of nitrogen functional groups attached to an aromatic ring is 1. The summed E-state index contributed by atoms with van der Waals surface area (Å²) < 4.78 is 10.5. The van der Waals surface area contributed by atoms with Gasteiger partial charge in [-0.25, -0.2) is 4.79 Å². The van der Waals surface area contributed by atoms with Gasteiger partial charge in [0.2, 0.25) is 0 Å². The zero-order valence-electron chi connectivity index (χ0n) is 10.9. The lowest BCUT2D eigenvalue weighted by molar-refractivity contribution is -0.128. The van der Waals surface area contributed by atoms with Crippen LogP contribution in [-0.4, -0.2) is 13.1 Å². The van der Waals surface area contributed by atoms with Crippen molar-refractivity contribution in [2.45, 2.75) is 6.92 Å². The summed E-state index contributed by atoms with van der Waals surface area (Å²) in [6.07, 6.45) is 1.10. The zero-order valence-corrected chi connectivity index (χ0v) is 10.9. The number of rotatable bonds is 3. The Morgan fingerprint density at radius 2 is 2.05 bits per heavy atom. The van der Waals surface area contributed by atoms with E-state index in [2.05, 4.69) is 6.58 Å². The second-order valence-corrected chi connectivity index (χ2v) is 4.17. The highest BCUT2D eigenvalue weighted by atomic mass is 16.5. The fourth-order valence-electron chi connectivity index (χ4n) is 1.93. The van der Waals surface area contributed by atoms with Crippen molar-refractivity contribution in [2.24, 2.45) is 0 Å². The summed E-state index contributed by atoms with van der Waals surface area (Å²) in [6, 6.07) is 7.38. The van der Waals surface area contributed by atoms with Crippen molar-refractivity contribution in [2.75, 3.05) is 12.8 Å². The molecule has 4 heteroatoms. The SMILES string of the molecule is C=CC(=O)Oc1c(N)cc(OC)c2cc(C)ccc12. The molecule has 0 unspecified atom stereocenters. The fraction of sp³-hybridized carbons (Fsp3) is 0.133. The molecule has 98 valence electrons. The first-order chi connectivity index (χ1) is 9.06. The topological polar surface area (TPSA) is 61.5 Å². The van der Waals surface area contributed by atoms with E-state index >= 15 is 0 Å². The number of carbonyl (C=O) groups is 1. The molecule has 2 aromatic rings. The smallest absolute Gasteiger partial charge is 0.335 e. The van der Waals surface area contributed by atoms with Gasteiger partial charge in [0, 0.05) is 22.9 Å². The van der Waals surface area contributed by atoms with E-state index in [9.17, 15) is 4.79 Å². The molecule has 19 heavy (non-hydrogen) atoms. The summed E-state index contributed by atoms with van der Waals surface area (Å²) in [4.78, 5) is 11.4. The molecule has 0 aromatic heterocycles. The van der Waals surface area contributed by atoms with Crippen LogP contribution in [0.15, 0.2) is 36.9 Å². The third kappa shape index (κ3) is 2.38. The Morgan fingerprint density at radius 3 is 2.68 bits per heavy atom. The van der Waals surface area contributed by atoms with Crippen LogP contribution in [-0.2, 0) is 4.79 Å². The van der Waals surface area contributed by atoms with Gasteiger partial charge in [-0.1, -0.05) is 24.3 Å². The van der Waals surface area contributed by atoms with Gasteiger partial charge in [0.1, 0.15) is 5.75 Å². The molecule has 2 rings (SSSR count). The van der Waals surface area contributed by atoms with Gasteiger partial charge in [0.05, 0.1) is 12.8 Å². The third-order valence-corrected chi connectivity index (χ3v) is 2.82. The van der Waals surface area contributed by atoms with E-state index in [0.717, 1.165) is 22.4 Å². The number of benzene rings is 2. The summed E-state index contributed by atoms with van der Waals surface area (Å²) in [5.41, 5.74) is 7.34. The Morgan fingerprint density at radius 1 is 1.32 bits per heavy atom. The molecule has 0 saturated heterocycles. The summed E-state index contributed by atoms with van der Waals surface area (Å²) in [5.74, 6) is 0.439. The lowest BCUT2D eigenvalue weighted by Gasteiger charge is -2.13. The van der Waals surface area contributed by atoms with E-state index in [4.69, 9.17) is 15.2 Å². The first-order valence-corrected chi connectivity index (χ1v) is 5.78. The molecule has 0 fully saturated rings. The van der Waals surface area contributed by atoms with Crippen LogP contribution in [0.4, 0.5) is 5.69 Å². The van der Waals surface area contributed by atoms with Crippen molar-refractivity contribution in [3.05, 3.63) is 42.5 Å². The maximum atomic E-state index is 11.4. The van der Waals surface area contributed by atoms with Crippen LogP contribution in [0.3, 0.4) is 0 Å². The van der Waals surface area contributed by atoms with E-state index in [-0.39, 0.29) is 0 Å². The first-order valence-electron chi connectivity index (χ1n) is 5.78. The Hall–Kier alpha value is -2.49. The highest BCUT2D eigenvalue weighted by Crippen LogP contribution is 2.38. The summed E-state index contributed by atoms with van der Waals surface area (Å²) in [5, 5.41) is 1.58.